The van der Waals surface area contributed by atoms with Crippen LogP contribution in [0, 0.1) is 0 Å². The molecule has 0 fully saturated rings. The van der Waals surface area contributed by atoms with Gasteiger partial charge in [-0.3, -0.25) is 4.79 Å². The number of nitrogens with one attached hydrogen (secondary N) is 1. The van der Waals surface area contributed by atoms with Crippen molar-refractivity contribution in [2.24, 2.45) is 0 Å². The SMILES string of the molecule is CC(C)(c1cccc(O)c1)c1cccc(NC(=O)C=CC(=O)O)c1. The maximum Gasteiger partial charge on any atom is 0.328 e. The molecular formula is C19H19NO4. The van der Waals surface area contributed by atoms with E-state index in [4.69, 9.17) is 5.11 Å². The minimum atomic E-state index is -1.18. The highest BCUT2D eigenvalue weighted by molar-refractivity contribution is 6.02. The van der Waals surface area contributed by atoms with E-state index in [1.807, 2.05) is 38.1 Å². The van der Waals surface area contributed by atoms with Crippen LogP contribution in [-0.2, 0) is 15.0 Å². The first kappa shape index (κ1) is 17.3. The highest BCUT2D eigenvalue weighted by Gasteiger charge is 2.23. The highest BCUT2D eigenvalue weighted by Crippen LogP contribution is 2.34. The van der Waals surface area contributed by atoms with Crippen molar-refractivity contribution in [3.05, 3.63) is 71.8 Å². The zero-order valence-corrected chi connectivity index (χ0v) is 13.5. The average Bonchev–Trinajstić information content (AvgIpc) is 2.53. The fourth-order valence-electron chi connectivity index (χ4n) is 2.38. The number of carboxylic acid groups (broad SMARTS) is 1. The lowest BCUT2D eigenvalue weighted by atomic mass is 9.78. The third kappa shape index (κ3) is 4.23. The van der Waals surface area contributed by atoms with E-state index in [-0.39, 0.29) is 11.2 Å². The Balaban J connectivity index is 2.26. The standard InChI is InChI=1S/C19H19NO4/c1-19(2,14-6-4-8-16(21)12-14)13-5-3-7-15(11-13)20-17(22)9-10-18(23)24/h3-12,21H,1-2H3,(H,20,22)(H,23,24). The number of hydrogen-bond donors (Lipinski definition) is 3. The fraction of sp³-hybridized carbons (Fsp3) is 0.158. The molecule has 2 aromatic rings. The van der Waals surface area contributed by atoms with E-state index in [0.29, 0.717) is 5.69 Å². The molecule has 0 spiro atoms. The van der Waals surface area contributed by atoms with Crippen molar-refractivity contribution in [3.8, 4) is 5.75 Å². The molecule has 0 saturated carbocycles. The van der Waals surface area contributed by atoms with Gasteiger partial charge in [0.1, 0.15) is 5.75 Å². The van der Waals surface area contributed by atoms with Gasteiger partial charge in [0.25, 0.3) is 0 Å². The number of carboxylic acids is 1. The molecule has 0 bridgehead atoms. The van der Waals surface area contributed by atoms with E-state index in [9.17, 15) is 14.7 Å². The largest absolute Gasteiger partial charge is 0.508 e. The van der Waals surface area contributed by atoms with Gasteiger partial charge >= 0.3 is 5.97 Å². The molecule has 124 valence electrons. The summed E-state index contributed by atoms with van der Waals surface area (Å²) in [5.41, 5.74) is 2.08. The first-order valence-corrected chi connectivity index (χ1v) is 7.41. The van der Waals surface area contributed by atoms with Gasteiger partial charge in [-0.05, 0) is 35.4 Å². The molecule has 24 heavy (non-hydrogen) atoms. The molecule has 0 saturated heterocycles. The summed E-state index contributed by atoms with van der Waals surface area (Å²) in [6.07, 6.45) is 1.76. The molecule has 5 heteroatoms. The van der Waals surface area contributed by atoms with E-state index in [1.165, 1.54) is 0 Å². The molecule has 0 heterocycles. The van der Waals surface area contributed by atoms with Gasteiger partial charge in [-0.25, -0.2) is 4.79 Å². The van der Waals surface area contributed by atoms with E-state index < -0.39 is 11.9 Å². The molecular weight excluding hydrogens is 306 g/mol. The number of phenols is 1. The molecule has 0 aliphatic rings. The lowest BCUT2D eigenvalue weighted by Crippen LogP contribution is -2.19. The average molecular weight is 325 g/mol. The van der Waals surface area contributed by atoms with Crippen molar-refractivity contribution in [1.82, 2.24) is 0 Å². The van der Waals surface area contributed by atoms with E-state index in [2.05, 4.69) is 5.32 Å². The normalized spacial score (nSPS) is 11.4. The van der Waals surface area contributed by atoms with Crippen molar-refractivity contribution in [3.63, 3.8) is 0 Å². The Labute approximate surface area is 140 Å². The van der Waals surface area contributed by atoms with E-state index in [1.54, 1.807) is 24.3 Å². The van der Waals surface area contributed by atoms with Crippen LogP contribution in [0.25, 0.3) is 0 Å². The van der Waals surface area contributed by atoms with Gasteiger partial charge in [0.15, 0.2) is 0 Å². The zero-order chi connectivity index (χ0) is 17.7. The Morgan fingerprint density at radius 2 is 1.62 bits per heavy atom. The Bertz CT molecular complexity index is 793. The number of aliphatic carboxylic acids is 1. The predicted octanol–water partition coefficient (Wildman–Crippen LogP) is 3.30. The van der Waals surface area contributed by atoms with Crippen molar-refractivity contribution in [2.75, 3.05) is 5.32 Å². The quantitative estimate of drug-likeness (QED) is 0.736. The summed E-state index contributed by atoms with van der Waals surface area (Å²) in [7, 11) is 0. The summed E-state index contributed by atoms with van der Waals surface area (Å²) in [6, 6.07) is 14.4. The molecule has 0 aliphatic heterocycles. The van der Waals surface area contributed by atoms with Crippen molar-refractivity contribution >= 4 is 17.6 Å². The molecule has 3 N–H and O–H groups in total. The number of anilines is 1. The van der Waals surface area contributed by atoms with Gasteiger partial charge in [-0.15, -0.1) is 0 Å². The van der Waals surface area contributed by atoms with Crippen LogP contribution in [0.4, 0.5) is 5.69 Å². The van der Waals surface area contributed by atoms with Crippen LogP contribution in [-0.4, -0.2) is 22.1 Å². The summed E-state index contributed by atoms with van der Waals surface area (Å²) in [6.45, 7) is 4.04. The minimum Gasteiger partial charge on any atom is -0.508 e. The number of rotatable bonds is 5. The highest BCUT2D eigenvalue weighted by atomic mass is 16.4. The first-order chi connectivity index (χ1) is 11.3. The third-order valence-electron chi connectivity index (χ3n) is 3.80. The predicted molar refractivity (Wildman–Crippen MR) is 92.1 cm³/mol. The lowest BCUT2D eigenvalue weighted by molar-refractivity contribution is -0.131. The molecule has 2 rings (SSSR count). The van der Waals surface area contributed by atoms with Crippen molar-refractivity contribution in [1.29, 1.82) is 0 Å². The smallest absolute Gasteiger partial charge is 0.328 e. The summed E-state index contributed by atoms with van der Waals surface area (Å²) < 4.78 is 0. The third-order valence-corrected chi connectivity index (χ3v) is 3.80. The van der Waals surface area contributed by atoms with Gasteiger partial charge in [-0.1, -0.05) is 38.1 Å². The number of aromatic hydroxyl groups is 1. The van der Waals surface area contributed by atoms with Gasteiger partial charge < -0.3 is 15.5 Å². The number of amides is 1. The van der Waals surface area contributed by atoms with Crippen LogP contribution in [0.3, 0.4) is 0 Å². The Morgan fingerprint density at radius 3 is 2.25 bits per heavy atom. The summed E-state index contributed by atoms with van der Waals surface area (Å²) >= 11 is 0. The molecule has 5 nitrogen and oxygen atoms in total. The second-order valence-electron chi connectivity index (χ2n) is 5.92. The molecule has 0 atom stereocenters. The second kappa shape index (κ2) is 7.00. The molecule has 1 amide bonds. The second-order valence-corrected chi connectivity index (χ2v) is 5.92. The van der Waals surface area contributed by atoms with Crippen LogP contribution in [0.15, 0.2) is 60.7 Å². The van der Waals surface area contributed by atoms with Crippen LogP contribution >= 0.6 is 0 Å². The monoisotopic (exact) mass is 325 g/mol. The summed E-state index contributed by atoms with van der Waals surface area (Å²) in [5.74, 6) is -1.49. The number of hydrogen-bond acceptors (Lipinski definition) is 3. The number of phenolic OH excluding ortho intramolecular Hbond substituents is 1. The fourth-order valence-corrected chi connectivity index (χ4v) is 2.38. The Hall–Kier alpha value is -3.08. The number of carbonyl (C=O) groups excluding carboxylic acids is 1. The van der Waals surface area contributed by atoms with Gasteiger partial charge in [-0.2, -0.15) is 0 Å². The molecule has 0 radical (unpaired) electrons. The first-order valence-electron chi connectivity index (χ1n) is 7.41. The van der Waals surface area contributed by atoms with E-state index >= 15 is 0 Å². The van der Waals surface area contributed by atoms with Gasteiger partial charge in [0, 0.05) is 23.3 Å². The topological polar surface area (TPSA) is 86.6 Å². The maximum atomic E-state index is 11.7. The Morgan fingerprint density at radius 1 is 1.00 bits per heavy atom. The molecule has 0 aromatic heterocycles. The zero-order valence-electron chi connectivity index (χ0n) is 13.5. The number of carbonyl (C=O) groups is 2. The van der Waals surface area contributed by atoms with Gasteiger partial charge in [0.05, 0.1) is 0 Å². The Kier molecular flexibility index (Phi) is 5.04. The van der Waals surface area contributed by atoms with Crippen LogP contribution in [0.2, 0.25) is 0 Å². The molecule has 0 unspecified atom stereocenters. The van der Waals surface area contributed by atoms with Crippen LogP contribution in [0.5, 0.6) is 5.75 Å². The molecule has 0 aliphatic carbocycles. The summed E-state index contributed by atoms with van der Waals surface area (Å²) in [5, 5.41) is 20.9. The summed E-state index contributed by atoms with van der Waals surface area (Å²) in [4.78, 5) is 22.1. The van der Waals surface area contributed by atoms with E-state index in [0.717, 1.165) is 23.3 Å². The molecule has 2 aromatic carbocycles. The van der Waals surface area contributed by atoms with Crippen molar-refractivity contribution in [2.45, 2.75) is 19.3 Å². The lowest BCUT2D eigenvalue weighted by Gasteiger charge is -2.26. The number of benzene rings is 2. The van der Waals surface area contributed by atoms with Gasteiger partial charge in [0.2, 0.25) is 5.91 Å². The van der Waals surface area contributed by atoms with Crippen molar-refractivity contribution < 1.29 is 19.8 Å². The minimum absolute atomic E-state index is 0.198. The maximum absolute atomic E-state index is 11.7. The van der Waals surface area contributed by atoms with Crippen LogP contribution in [0.1, 0.15) is 25.0 Å². The van der Waals surface area contributed by atoms with Crippen LogP contribution < -0.4 is 5.32 Å².